The first-order valence-electron chi connectivity index (χ1n) is 7.05. The summed E-state index contributed by atoms with van der Waals surface area (Å²) in [7, 11) is 0. The summed E-state index contributed by atoms with van der Waals surface area (Å²) in [6, 6.07) is 6.57. The van der Waals surface area contributed by atoms with Crippen molar-refractivity contribution in [3.63, 3.8) is 0 Å². The molecule has 0 aliphatic carbocycles. The summed E-state index contributed by atoms with van der Waals surface area (Å²) in [4.78, 5) is 14.1. The standard InChI is InChI=1S/C16H23NO4/c1-15(2,3)21-14(19)17-13(10-20-16(17,4)5)11-6-8-12(18)9-7-11/h6-9,13,18H,10H2,1-5H3/t13-/m0/s1. The Hall–Kier alpha value is -1.75. The van der Waals surface area contributed by atoms with E-state index in [1.807, 2.05) is 34.6 Å². The van der Waals surface area contributed by atoms with Crippen LogP contribution in [0.2, 0.25) is 0 Å². The number of ether oxygens (including phenoxy) is 2. The highest BCUT2D eigenvalue weighted by Gasteiger charge is 2.46. The summed E-state index contributed by atoms with van der Waals surface area (Å²) in [6.45, 7) is 9.60. The molecule has 116 valence electrons. The zero-order valence-corrected chi connectivity index (χ0v) is 13.2. The molecule has 5 nitrogen and oxygen atoms in total. The maximum absolute atomic E-state index is 12.5. The van der Waals surface area contributed by atoms with Crippen LogP contribution in [0.4, 0.5) is 4.79 Å². The second-order valence-corrected chi connectivity index (χ2v) is 6.72. The van der Waals surface area contributed by atoms with Crippen LogP contribution in [-0.2, 0) is 9.47 Å². The number of benzene rings is 1. The molecule has 1 atom stereocenters. The van der Waals surface area contributed by atoms with E-state index in [0.29, 0.717) is 6.61 Å². The molecule has 1 N–H and O–H groups in total. The number of carbonyl (C=O) groups excluding carboxylic acids is 1. The predicted octanol–water partition coefficient (Wildman–Crippen LogP) is 3.44. The summed E-state index contributed by atoms with van der Waals surface area (Å²) < 4.78 is 11.2. The van der Waals surface area contributed by atoms with Crippen LogP contribution >= 0.6 is 0 Å². The van der Waals surface area contributed by atoms with Crippen LogP contribution in [0.25, 0.3) is 0 Å². The van der Waals surface area contributed by atoms with Gasteiger partial charge in [-0.05, 0) is 52.3 Å². The van der Waals surface area contributed by atoms with E-state index in [1.54, 1.807) is 29.2 Å². The Bertz CT molecular complexity index is 516. The van der Waals surface area contributed by atoms with Crippen LogP contribution in [0.5, 0.6) is 5.75 Å². The van der Waals surface area contributed by atoms with Gasteiger partial charge in [-0.2, -0.15) is 0 Å². The van der Waals surface area contributed by atoms with E-state index >= 15 is 0 Å². The molecule has 1 amide bonds. The summed E-state index contributed by atoms with van der Waals surface area (Å²) >= 11 is 0. The number of aromatic hydroxyl groups is 1. The van der Waals surface area contributed by atoms with Gasteiger partial charge in [0.15, 0.2) is 0 Å². The number of hydrogen-bond acceptors (Lipinski definition) is 4. The first kappa shape index (κ1) is 15.6. The molecule has 0 spiro atoms. The van der Waals surface area contributed by atoms with E-state index in [9.17, 15) is 9.90 Å². The Morgan fingerprint density at radius 3 is 2.43 bits per heavy atom. The van der Waals surface area contributed by atoms with Gasteiger partial charge < -0.3 is 14.6 Å². The number of nitrogens with zero attached hydrogens (tertiary/aromatic N) is 1. The molecule has 1 aromatic carbocycles. The lowest BCUT2D eigenvalue weighted by molar-refractivity contribution is -0.0626. The zero-order valence-electron chi connectivity index (χ0n) is 13.2. The lowest BCUT2D eigenvalue weighted by Crippen LogP contribution is -2.47. The number of phenolic OH excluding ortho intramolecular Hbond substituents is 1. The minimum Gasteiger partial charge on any atom is -0.508 e. The van der Waals surface area contributed by atoms with Gasteiger partial charge in [-0.15, -0.1) is 0 Å². The molecule has 1 aliphatic heterocycles. The van der Waals surface area contributed by atoms with Gasteiger partial charge in [0.1, 0.15) is 17.1 Å². The van der Waals surface area contributed by atoms with Crippen LogP contribution in [0.1, 0.15) is 46.2 Å². The molecule has 21 heavy (non-hydrogen) atoms. The lowest BCUT2D eigenvalue weighted by atomic mass is 10.1. The van der Waals surface area contributed by atoms with Crippen molar-refractivity contribution in [2.75, 3.05) is 6.61 Å². The smallest absolute Gasteiger partial charge is 0.413 e. The molecule has 1 saturated heterocycles. The van der Waals surface area contributed by atoms with E-state index in [0.717, 1.165) is 5.56 Å². The third-order valence-electron chi connectivity index (χ3n) is 3.35. The highest BCUT2D eigenvalue weighted by molar-refractivity contribution is 5.70. The van der Waals surface area contributed by atoms with Gasteiger partial charge in [0, 0.05) is 0 Å². The fourth-order valence-corrected chi connectivity index (χ4v) is 2.40. The third kappa shape index (κ3) is 3.47. The van der Waals surface area contributed by atoms with Crippen LogP contribution in [0.15, 0.2) is 24.3 Å². The first-order valence-corrected chi connectivity index (χ1v) is 7.05. The summed E-state index contributed by atoms with van der Waals surface area (Å²) in [5, 5.41) is 9.39. The van der Waals surface area contributed by atoms with Gasteiger partial charge in [-0.3, -0.25) is 4.90 Å². The van der Waals surface area contributed by atoms with E-state index in [2.05, 4.69) is 0 Å². The fourth-order valence-electron chi connectivity index (χ4n) is 2.40. The highest BCUT2D eigenvalue weighted by atomic mass is 16.6. The Balaban J connectivity index is 2.28. The van der Waals surface area contributed by atoms with Gasteiger partial charge in [-0.1, -0.05) is 12.1 Å². The zero-order chi connectivity index (χ0) is 15.8. The van der Waals surface area contributed by atoms with E-state index < -0.39 is 17.4 Å². The Morgan fingerprint density at radius 2 is 1.90 bits per heavy atom. The first-order chi connectivity index (χ1) is 9.60. The number of phenols is 1. The topological polar surface area (TPSA) is 59.0 Å². The molecule has 1 heterocycles. The van der Waals surface area contributed by atoms with Gasteiger partial charge in [-0.25, -0.2) is 4.79 Å². The Labute approximate surface area is 125 Å². The van der Waals surface area contributed by atoms with Crippen LogP contribution < -0.4 is 0 Å². The van der Waals surface area contributed by atoms with Crippen molar-refractivity contribution in [3.8, 4) is 5.75 Å². The molecule has 0 bridgehead atoms. The molecule has 0 radical (unpaired) electrons. The van der Waals surface area contributed by atoms with Gasteiger partial charge >= 0.3 is 6.09 Å². The Kier molecular flexibility index (Phi) is 3.89. The summed E-state index contributed by atoms with van der Waals surface area (Å²) in [5.74, 6) is 0.195. The molecule has 5 heteroatoms. The minimum absolute atomic E-state index is 0.195. The maximum atomic E-state index is 12.5. The molecule has 1 aliphatic rings. The minimum atomic E-state index is -0.731. The SMILES string of the molecule is CC(C)(C)OC(=O)N1[C@H](c2ccc(O)cc2)COC1(C)C. The summed E-state index contributed by atoms with van der Waals surface area (Å²) in [6.07, 6.45) is -0.400. The monoisotopic (exact) mass is 293 g/mol. The van der Waals surface area contributed by atoms with Crippen molar-refractivity contribution >= 4 is 6.09 Å². The van der Waals surface area contributed by atoms with Crippen molar-refractivity contribution in [3.05, 3.63) is 29.8 Å². The molecule has 1 fully saturated rings. The largest absolute Gasteiger partial charge is 0.508 e. The number of hydrogen-bond donors (Lipinski definition) is 1. The number of rotatable bonds is 1. The van der Waals surface area contributed by atoms with Crippen molar-refractivity contribution in [1.82, 2.24) is 4.90 Å². The lowest BCUT2D eigenvalue weighted by Gasteiger charge is -2.35. The molecule has 2 rings (SSSR count). The molecular formula is C16H23NO4. The van der Waals surface area contributed by atoms with Crippen LogP contribution in [0, 0.1) is 0 Å². The van der Waals surface area contributed by atoms with Crippen molar-refractivity contribution in [2.24, 2.45) is 0 Å². The third-order valence-corrected chi connectivity index (χ3v) is 3.35. The second-order valence-electron chi connectivity index (χ2n) is 6.72. The quantitative estimate of drug-likeness (QED) is 0.861. The second kappa shape index (κ2) is 5.22. The predicted molar refractivity (Wildman–Crippen MR) is 79.0 cm³/mol. The molecule has 1 aromatic rings. The van der Waals surface area contributed by atoms with Crippen LogP contribution in [-0.4, -0.2) is 34.0 Å². The number of amides is 1. The average Bonchev–Trinajstić information content (AvgIpc) is 2.64. The fraction of sp³-hybridized carbons (Fsp3) is 0.562. The normalized spacial score (nSPS) is 21.4. The van der Waals surface area contributed by atoms with Crippen LogP contribution in [0.3, 0.4) is 0 Å². The van der Waals surface area contributed by atoms with Gasteiger partial charge in [0.25, 0.3) is 0 Å². The van der Waals surface area contributed by atoms with Gasteiger partial charge in [0.2, 0.25) is 0 Å². The van der Waals surface area contributed by atoms with E-state index in [4.69, 9.17) is 9.47 Å². The highest BCUT2D eigenvalue weighted by Crippen LogP contribution is 2.38. The molecule has 0 saturated carbocycles. The van der Waals surface area contributed by atoms with E-state index in [-0.39, 0.29) is 11.8 Å². The molecular weight excluding hydrogens is 270 g/mol. The maximum Gasteiger partial charge on any atom is 0.413 e. The average molecular weight is 293 g/mol. The van der Waals surface area contributed by atoms with Crippen molar-refractivity contribution in [2.45, 2.75) is 52.0 Å². The Morgan fingerprint density at radius 1 is 1.33 bits per heavy atom. The van der Waals surface area contributed by atoms with Gasteiger partial charge in [0.05, 0.1) is 12.6 Å². The molecule has 0 aromatic heterocycles. The molecule has 0 unspecified atom stereocenters. The number of carbonyl (C=O) groups is 1. The van der Waals surface area contributed by atoms with Crippen molar-refractivity contribution < 1.29 is 19.4 Å². The summed E-state index contributed by atoms with van der Waals surface area (Å²) in [5.41, 5.74) is -0.385. The van der Waals surface area contributed by atoms with E-state index in [1.165, 1.54) is 0 Å². The van der Waals surface area contributed by atoms with Crippen molar-refractivity contribution in [1.29, 1.82) is 0 Å².